The maximum absolute atomic E-state index is 5.83. The lowest BCUT2D eigenvalue weighted by molar-refractivity contribution is 0.256. The molecule has 102 valence electrons. The van der Waals surface area contributed by atoms with Crippen LogP contribution in [0.2, 0.25) is 0 Å². The van der Waals surface area contributed by atoms with E-state index in [0.717, 1.165) is 24.2 Å². The highest BCUT2D eigenvalue weighted by Crippen LogP contribution is 2.20. The van der Waals surface area contributed by atoms with Gasteiger partial charge in [-0.3, -0.25) is 0 Å². The average molecular weight is 261 g/mol. The Morgan fingerprint density at radius 2 is 2.00 bits per heavy atom. The third-order valence-electron chi connectivity index (χ3n) is 2.68. The number of aromatic nitrogens is 2. The molecule has 1 heterocycles. The molecule has 0 aliphatic heterocycles. The minimum absolute atomic E-state index is 0.0971. The molecule has 0 aliphatic carbocycles. The molecule has 0 aliphatic rings. The third-order valence-corrected chi connectivity index (χ3v) is 2.68. The lowest BCUT2D eigenvalue weighted by Crippen LogP contribution is -2.18. The highest BCUT2D eigenvalue weighted by atomic mass is 16.5. The van der Waals surface area contributed by atoms with Crippen LogP contribution in [0, 0.1) is 0 Å². The summed E-state index contributed by atoms with van der Waals surface area (Å²) >= 11 is 0. The molecule has 19 heavy (non-hydrogen) atoms. The van der Waals surface area contributed by atoms with Gasteiger partial charge in [0.2, 0.25) is 5.89 Å². The molecular formula is C14H19N3O2. The number of hydrogen-bond acceptors (Lipinski definition) is 5. The van der Waals surface area contributed by atoms with Crippen LogP contribution < -0.4 is 10.5 Å². The maximum Gasteiger partial charge on any atom is 0.253 e. The Morgan fingerprint density at radius 3 is 2.68 bits per heavy atom. The largest absolute Gasteiger partial charge is 0.484 e. The van der Waals surface area contributed by atoms with Gasteiger partial charge in [0, 0.05) is 12.5 Å². The van der Waals surface area contributed by atoms with Gasteiger partial charge in [-0.1, -0.05) is 25.1 Å². The van der Waals surface area contributed by atoms with E-state index in [-0.39, 0.29) is 12.6 Å². The predicted octanol–water partition coefficient (Wildman–Crippen LogP) is 2.10. The van der Waals surface area contributed by atoms with Crippen LogP contribution in [0.5, 0.6) is 5.75 Å². The SMILES string of the molecule is CCc1nnc(COc2ccccc2CC(C)N)o1. The Balaban J connectivity index is 2.02. The number of nitrogens with two attached hydrogens (primary N) is 1. The monoisotopic (exact) mass is 261 g/mol. The second-order valence-electron chi connectivity index (χ2n) is 4.52. The first-order valence-corrected chi connectivity index (χ1v) is 6.46. The van der Waals surface area contributed by atoms with Gasteiger partial charge in [0.25, 0.3) is 5.89 Å². The van der Waals surface area contributed by atoms with Crippen LogP contribution >= 0.6 is 0 Å². The molecule has 2 N–H and O–H groups in total. The molecule has 5 heteroatoms. The summed E-state index contributed by atoms with van der Waals surface area (Å²) in [7, 11) is 0. The lowest BCUT2D eigenvalue weighted by atomic mass is 10.1. The number of para-hydroxylation sites is 1. The first-order chi connectivity index (χ1) is 9.19. The zero-order chi connectivity index (χ0) is 13.7. The van der Waals surface area contributed by atoms with E-state index in [0.29, 0.717) is 11.8 Å². The second kappa shape index (κ2) is 6.33. The molecule has 0 saturated heterocycles. The van der Waals surface area contributed by atoms with Crippen LogP contribution in [0.25, 0.3) is 0 Å². The van der Waals surface area contributed by atoms with E-state index in [1.54, 1.807) is 0 Å². The molecular weight excluding hydrogens is 242 g/mol. The Hall–Kier alpha value is -1.88. The van der Waals surface area contributed by atoms with Crippen LogP contribution in [-0.4, -0.2) is 16.2 Å². The summed E-state index contributed by atoms with van der Waals surface area (Å²) in [5, 5.41) is 7.83. The van der Waals surface area contributed by atoms with E-state index < -0.39 is 0 Å². The van der Waals surface area contributed by atoms with Gasteiger partial charge in [0.1, 0.15) is 5.75 Å². The first-order valence-electron chi connectivity index (χ1n) is 6.46. The molecule has 1 unspecified atom stereocenters. The third kappa shape index (κ3) is 3.79. The zero-order valence-electron chi connectivity index (χ0n) is 11.3. The molecule has 1 aromatic carbocycles. The summed E-state index contributed by atoms with van der Waals surface area (Å²) < 4.78 is 11.1. The van der Waals surface area contributed by atoms with E-state index in [2.05, 4.69) is 10.2 Å². The van der Waals surface area contributed by atoms with Crippen LogP contribution in [-0.2, 0) is 19.4 Å². The second-order valence-corrected chi connectivity index (χ2v) is 4.52. The molecule has 0 saturated carbocycles. The summed E-state index contributed by atoms with van der Waals surface area (Å²) in [5.74, 6) is 1.94. The molecule has 2 rings (SSSR count). The van der Waals surface area contributed by atoms with Gasteiger partial charge < -0.3 is 14.9 Å². The van der Waals surface area contributed by atoms with Crippen molar-refractivity contribution < 1.29 is 9.15 Å². The predicted molar refractivity (Wildman–Crippen MR) is 71.8 cm³/mol. The Morgan fingerprint density at radius 1 is 1.26 bits per heavy atom. The van der Waals surface area contributed by atoms with Gasteiger partial charge >= 0.3 is 0 Å². The summed E-state index contributed by atoms with van der Waals surface area (Å²) in [6.45, 7) is 4.22. The van der Waals surface area contributed by atoms with Crippen LogP contribution in [0.4, 0.5) is 0 Å². The molecule has 2 aromatic rings. The van der Waals surface area contributed by atoms with Crippen molar-refractivity contribution in [1.29, 1.82) is 0 Å². The molecule has 1 atom stereocenters. The number of benzene rings is 1. The van der Waals surface area contributed by atoms with E-state index in [1.165, 1.54) is 0 Å². The number of ether oxygens (including phenoxy) is 1. The van der Waals surface area contributed by atoms with Gasteiger partial charge in [0.15, 0.2) is 6.61 Å². The number of rotatable bonds is 6. The Bertz CT molecular complexity index is 523. The average Bonchev–Trinajstić information content (AvgIpc) is 2.85. The molecule has 0 bridgehead atoms. The minimum Gasteiger partial charge on any atom is -0.484 e. The molecule has 0 amide bonds. The van der Waals surface area contributed by atoms with Crippen molar-refractivity contribution in [3.05, 3.63) is 41.6 Å². The van der Waals surface area contributed by atoms with Gasteiger partial charge in [-0.05, 0) is 25.0 Å². The maximum atomic E-state index is 5.83. The summed E-state index contributed by atoms with van der Waals surface area (Å²) in [5.41, 5.74) is 6.92. The normalized spacial score (nSPS) is 12.4. The highest BCUT2D eigenvalue weighted by Gasteiger charge is 2.08. The van der Waals surface area contributed by atoms with Gasteiger partial charge in [-0.25, -0.2) is 0 Å². The first kappa shape index (κ1) is 13.5. The Labute approximate surface area is 112 Å². The fourth-order valence-corrected chi connectivity index (χ4v) is 1.79. The van der Waals surface area contributed by atoms with E-state index in [4.69, 9.17) is 14.9 Å². The fraction of sp³-hybridized carbons (Fsp3) is 0.429. The van der Waals surface area contributed by atoms with Crippen molar-refractivity contribution in [3.63, 3.8) is 0 Å². The van der Waals surface area contributed by atoms with Crippen LogP contribution in [0.3, 0.4) is 0 Å². The molecule has 0 radical (unpaired) electrons. The number of nitrogens with zero attached hydrogens (tertiary/aromatic N) is 2. The molecule has 5 nitrogen and oxygen atoms in total. The van der Waals surface area contributed by atoms with E-state index in [9.17, 15) is 0 Å². The van der Waals surface area contributed by atoms with E-state index >= 15 is 0 Å². The smallest absolute Gasteiger partial charge is 0.253 e. The number of hydrogen-bond donors (Lipinski definition) is 1. The van der Waals surface area contributed by atoms with Gasteiger partial charge in [-0.2, -0.15) is 0 Å². The zero-order valence-corrected chi connectivity index (χ0v) is 11.3. The summed E-state index contributed by atoms with van der Waals surface area (Å²) in [6.07, 6.45) is 1.51. The van der Waals surface area contributed by atoms with Crippen molar-refractivity contribution in [2.24, 2.45) is 5.73 Å². The summed E-state index contributed by atoms with van der Waals surface area (Å²) in [6, 6.07) is 7.95. The Kier molecular flexibility index (Phi) is 4.52. The molecule has 0 spiro atoms. The molecule has 0 fully saturated rings. The van der Waals surface area contributed by atoms with Gasteiger partial charge in [0.05, 0.1) is 0 Å². The van der Waals surface area contributed by atoms with Crippen molar-refractivity contribution in [1.82, 2.24) is 10.2 Å². The van der Waals surface area contributed by atoms with Crippen LogP contribution in [0.1, 0.15) is 31.2 Å². The standard InChI is InChI=1S/C14H19N3O2/c1-3-13-16-17-14(19-13)9-18-12-7-5-4-6-11(12)8-10(2)15/h4-7,10H,3,8-9,15H2,1-2H3. The van der Waals surface area contributed by atoms with Gasteiger partial charge in [-0.15, -0.1) is 10.2 Å². The fourth-order valence-electron chi connectivity index (χ4n) is 1.79. The van der Waals surface area contributed by atoms with E-state index in [1.807, 2.05) is 38.1 Å². The van der Waals surface area contributed by atoms with Crippen molar-refractivity contribution in [2.75, 3.05) is 0 Å². The highest BCUT2D eigenvalue weighted by molar-refractivity contribution is 5.33. The minimum atomic E-state index is 0.0971. The van der Waals surface area contributed by atoms with Crippen molar-refractivity contribution in [2.45, 2.75) is 39.3 Å². The summed E-state index contributed by atoms with van der Waals surface area (Å²) in [4.78, 5) is 0. The van der Waals surface area contributed by atoms with Crippen LogP contribution in [0.15, 0.2) is 28.7 Å². The quantitative estimate of drug-likeness (QED) is 0.862. The van der Waals surface area contributed by atoms with Crippen molar-refractivity contribution >= 4 is 0 Å². The lowest BCUT2D eigenvalue weighted by Gasteiger charge is -2.11. The number of aryl methyl sites for hydroxylation is 1. The topological polar surface area (TPSA) is 74.2 Å². The molecule has 1 aromatic heterocycles. The van der Waals surface area contributed by atoms with Crippen molar-refractivity contribution in [3.8, 4) is 5.75 Å².